The predicted octanol–water partition coefficient (Wildman–Crippen LogP) is -0.00448. The van der Waals surface area contributed by atoms with Crippen LogP contribution in [0.2, 0.25) is 0 Å². The van der Waals surface area contributed by atoms with Crippen LogP contribution in [0.1, 0.15) is 25.0 Å². The van der Waals surface area contributed by atoms with Crippen molar-refractivity contribution in [3.63, 3.8) is 0 Å². The summed E-state index contributed by atoms with van der Waals surface area (Å²) in [7, 11) is 1.98. The van der Waals surface area contributed by atoms with Crippen LogP contribution in [0.4, 0.5) is 0 Å². The molecule has 0 saturated carbocycles. The number of nitrogens with one attached hydrogen (secondary N) is 1. The van der Waals surface area contributed by atoms with Gasteiger partial charge in [-0.05, 0) is 20.3 Å². The molecule has 2 fully saturated rings. The van der Waals surface area contributed by atoms with E-state index in [9.17, 15) is 0 Å². The molecule has 0 aliphatic carbocycles. The molecule has 3 rings (SSSR count). The van der Waals surface area contributed by atoms with Gasteiger partial charge in [0, 0.05) is 45.8 Å². The van der Waals surface area contributed by atoms with Crippen LogP contribution >= 0.6 is 0 Å². The van der Waals surface area contributed by atoms with Gasteiger partial charge in [0.15, 0.2) is 11.8 Å². The van der Waals surface area contributed by atoms with Gasteiger partial charge in [0.25, 0.3) is 0 Å². The average molecular weight is 335 g/mol. The SMILES string of the molecule is CCNC(=NCc1nnc(C)n1C)N1CCC(N2CCOCC2)C1. The fraction of sp³-hybridized carbons (Fsp3) is 0.812. The van der Waals surface area contributed by atoms with Gasteiger partial charge in [-0.15, -0.1) is 10.2 Å². The second-order valence-corrected chi connectivity index (χ2v) is 6.43. The highest BCUT2D eigenvalue weighted by molar-refractivity contribution is 5.80. The smallest absolute Gasteiger partial charge is 0.194 e. The van der Waals surface area contributed by atoms with Gasteiger partial charge < -0.3 is 19.5 Å². The molecule has 8 nitrogen and oxygen atoms in total. The van der Waals surface area contributed by atoms with E-state index in [0.717, 1.165) is 63.5 Å². The van der Waals surface area contributed by atoms with E-state index < -0.39 is 0 Å². The number of aromatic nitrogens is 3. The number of morpholine rings is 1. The molecule has 0 amide bonds. The van der Waals surface area contributed by atoms with Crippen LogP contribution < -0.4 is 5.32 Å². The van der Waals surface area contributed by atoms with Gasteiger partial charge in [-0.3, -0.25) is 4.90 Å². The maximum absolute atomic E-state index is 5.47. The second-order valence-electron chi connectivity index (χ2n) is 6.43. The first-order valence-corrected chi connectivity index (χ1v) is 8.89. The van der Waals surface area contributed by atoms with E-state index in [1.807, 2.05) is 18.5 Å². The predicted molar refractivity (Wildman–Crippen MR) is 92.9 cm³/mol. The summed E-state index contributed by atoms with van der Waals surface area (Å²) in [5.74, 6) is 2.79. The van der Waals surface area contributed by atoms with Crippen LogP contribution in [0, 0.1) is 6.92 Å². The van der Waals surface area contributed by atoms with Crippen molar-refractivity contribution in [2.24, 2.45) is 12.0 Å². The maximum Gasteiger partial charge on any atom is 0.194 e. The topological polar surface area (TPSA) is 70.8 Å². The number of guanidine groups is 1. The molecule has 0 aromatic carbocycles. The number of ether oxygens (including phenoxy) is 1. The third-order valence-corrected chi connectivity index (χ3v) is 4.91. The van der Waals surface area contributed by atoms with Crippen LogP contribution in [0.3, 0.4) is 0 Å². The van der Waals surface area contributed by atoms with Crippen LogP contribution in [0.25, 0.3) is 0 Å². The van der Waals surface area contributed by atoms with Gasteiger partial charge in [-0.25, -0.2) is 4.99 Å². The minimum absolute atomic E-state index is 0.554. The zero-order valence-corrected chi connectivity index (χ0v) is 15.0. The Balaban J connectivity index is 1.62. The second kappa shape index (κ2) is 7.94. The Labute approximate surface area is 143 Å². The fourth-order valence-corrected chi connectivity index (χ4v) is 3.33. The molecule has 1 unspecified atom stereocenters. The van der Waals surface area contributed by atoms with Crippen molar-refractivity contribution in [2.75, 3.05) is 45.9 Å². The van der Waals surface area contributed by atoms with Crippen LogP contribution in [0.15, 0.2) is 4.99 Å². The summed E-state index contributed by atoms with van der Waals surface area (Å²) in [5.41, 5.74) is 0. The number of hydrogen-bond acceptors (Lipinski definition) is 5. The minimum Gasteiger partial charge on any atom is -0.379 e. The molecular formula is C16H29N7O. The molecule has 1 aromatic heterocycles. The number of nitrogens with zero attached hydrogens (tertiary/aromatic N) is 6. The summed E-state index contributed by atoms with van der Waals surface area (Å²) in [4.78, 5) is 9.71. The monoisotopic (exact) mass is 335 g/mol. The van der Waals surface area contributed by atoms with Gasteiger partial charge in [-0.2, -0.15) is 0 Å². The first kappa shape index (κ1) is 17.2. The van der Waals surface area contributed by atoms with E-state index in [-0.39, 0.29) is 0 Å². The van der Waals surface area contributed by atoms with Gasteiger partial charge >= 0.3 is 0 Å². The van der Waals surface area contributed by atoms with Crippen molar-refractivity contribution in [1.82, 2.24) is 29.9 Å². The molecule has 0 spiro atoms. The molecule has 1 atom stereocenters. The fourth-order valence-electron chi connectivity index (χ4n) is 3.33. The molecule has 1 aromatic rings. The van der Waals surface area contributed by atoms with Gasteiger partial charge in [0.05, 0.1) is 13.2 Å². The van der Waals surface area contributed by atoms with Crippen molar-refractivity contribution in [3.8, 4) is 0 Å². The van der Waals surface area contributed by atoms with E-state index in [0.29, 0.717) is 12.6 Å². The first-order valence-electron chi connectivity index (χ1n) is 8.89. The molecule has 2 saturated heterocycles. The lowest BCUT2D eigenvalue weighted by molar-refractivity contribution is 0.0195. The molecule has 2 aliphatic heterocycles. The summed E-state index contributed by atoms with van der Waals surface area (Å²) in [6.07, 6.45) is 1.19. The summed E-state index contributed by atoms with van der Waals surface area (Å²) >= 11 is 0. The van der Waals surface area contributed by atoms with Gasteiger partial charge in [0.1, 0.15) is 12.4 Å². The summed E-state index contributed by atoms with van der Waals surface area (Å²) in [6, 6.07) is 0.606. The third kappa shape index (κ3) is 3.87. The Morgan fingerprint density at radius 1 is 1.29 bits per heavy atom. The van der Waals surface area contributed by atoms with E-state index in [1.165, 1.54) is 6.42 Å². The molecule has 8 heteroatoms. The Morgan fingerprint density at radius 3 is 2.75 bits per heavy atom. The molecule has 24 heavy (non-hydrogen) atoms. The molecule has 2 aliphatic rings. The van der Waals surface area contributed by atoms with Crippen molar-refractivity contribution in [2.45, 2.75) is 32.9 Å². The maximum atomic E-state index is 5.47. The Kier molecular flexibility index (Phi) is 5.68. The van der Waals surface area contributed by atoms with E-state index in [4.69, 9.17) is 9.73 Å². The summed E-state index contributed by atoms with van der Waals surface area (Å²) in [6.45, 7) is 11.4. The number of hydrogen-bond donors (Lipinski definition) is 1. The Morgan fingerprint density at radius 2 is 2.08 bits per heavy atom. The average Bonchev–Trinajstić information content (AvgIpc) is 3.21. The van der Waals surface area contributed by atoms with Crippen molar-refractivity contribution in [3.05, 3.63) is 11.6 Å². The number of likely N-dealkylation sites (tertiary alicyclic amines) is 1. The van der Waals surface area contributed by atoms with Crippen LogP contribution in [0.5, 0.6) is 0 Å². The van der Waals surface area contributed by atoms with Crippen molar-refractivity contribution < 1.29 is 4.74 Å². The van der Waals surface area contributed by atoms with Crippen molar-refractivity contribution in [1.29, 1.82) is 0 Å². The normalized spacial score (nSPS) is 23.0. The molecule has 134 valence electrons. The summed E-state index contributed by atoms with van der Waals surface area (Å²) < 4.78 is 7.46. The highest BCUT2D eigenvalue weighted by atomic mass is 16.5. The third-order valence-electron chi connectivity index (χ3n) is 4.91. The first-order chi connectivity index (χ1) is 11.7. The van der Waals surface area contributed by atoms with Gasteiger partial charge in [-0.1, -0.05) is 0 Å². The lowest BCUT2D eigenvalue weighted by Crippen LogP contribution is -2.46. The number of aryl methyl sites for hydroxylation is 1. The van der Waals surface area contributed by atoms with Crippen LogP contribution in [-0.2, 0) is 18.3 Å². The highest BCUT2D eigenvalue weighted by Crippen LogP contribution is 2.17. The lowest BCUT2D eigenvalue weighted by Gasteiger charge is -2.32. The van der Waals surface area contributed by atoms with E-state index in [2.05, 4.69) is 32.2 Å². The number of rotatable bonds is 4. The van der Waals surface area contributed by atoms with Gasteiger partial charge in [0.2, 0.25) is 0 Å². The van der Waals surface area contributed by atoms with E-state index in [1.54, 1.807) is 0 Å². The Bertz CT molecular complexity index is 565. The summed E-state index contributed by atoms with van der Waals surface area (Å²) in [5, 5.41) is 11.7. The molecular weight excluding hydrogens is 306 g/mol. The standard InChI is InChI=1S/C16H29N7O/c1-4-17-16(18-11-15-20-19-13(2)21(15)3)23-6-5-14(12-23)22-7-9-24-10-8-22/h14H,4-12H2,1-3H3,(H,17,18). The van der Waals surface area contributed by atoms with E-state index >= 15 is 0 Å². The number of aliphatic imine (C=N–C) groups is 1. The molecule has 0 radical (unpaired) electrons. The molecule has 0 bridgehead atoms. The zero-order valence-electron chi connectivity index (χ0n) is 15.0. The quantitative estimate of drug-likeness (QED) is 0.617. The Hall–Kier alpha value is -1.67. The zero-order chi connectivity index (χ0) is 16.9. The molecule has 1 N–H and O–H groups in total. The highest BCUT2D eigenvalue weighted by Gasteiger charge is 2.30. The van der Waals surface area contributed by atoms with Crippen molar-refractivity contribution >= 4 is 5.96 Å². The molecule has 3 heterocycles. The minimum atomic E-state index is 0.554. The van der Waals surface area contributed by atoms with Crippen LogP contribution in [-0.4, -0.2) is 82.5 Å². The largest absolute Gasteiger partial charge is 0.379 e. The lowest BCUT2D eigenvalue weighted by atomic mass is 10.2.